The van der Waals surface area contributed by atoms with Crippen LogP contribution in [0.15, 0.2) is 54.6 Å². The zero-order chi connectivity index (χ0) is 24.5. The first-order valence-electron chi connectivity index (χ1n) is 14.0. The molecular weight excluding hydrogens is 427 g/mol. The third kappa shape index (κ3) is 6.98. The minimum Gasteiger partial charge on any atom is -0.205 e. The number of hydrogen-bond donors (Lipinski definition) is 0. The van der Waals surface area contributed by atoms with E-state index in [1.165, 1.54) is 75.3 Å². The number of fused-ring (bicyclic) bond motifs is 1. The van der Waals surface area contributed by atoms with Gasteiger partial charge in [0.1, 0.15) is 5.82 Å². The van der Waals surface area contributed by atoms with Gasteiger partial charge in [-0.3, -0.25) is 0 Å². The van der Waals surface area contributed by atoms with Crippen molar-refractivity contribution in [1.29, 1.82) is 0 Å². The molecule has 0 aromatic heterocycles. The van der Waals surface area contributed by atoms with Gasteiger partial charge in [0.2, 0.25) is 0 Å². The number of benzene rings is 3. The van der Waals surface area contributed by atoms with Crippen molar-refractivity contribution in [3.63, 3.8) is 0 Å². The molecule has 0 heterocycles. The van der Waals surface area contributed by atoms with Crippen LogP contribution in [0.3, 0.4) is 0 Å². The van der Waals surface area contributed by atoms with E-state index in [0.717, 1.165) is 29.7 Å². The van der Waals surface area contributed by atoms with E-state index in [1.807, 2.05) is 24.3 Å². The molecule has 184 valence electrons. The van der Waals surface area contributed by atoms with E-state index < -0.39 is 0 Å². The molecule has 4 rings (SSSR count). The smallest absolute Gasteiger partial charge is 0.146 e. The summed E-state index contributed by atoms with van der Waals surface area (Å²) in [4.78, 5) is 0. The highest BCUT2D eigenvalue weighted by Gasteiger charge is 2.22. The number of hydrogen-bond acceptors (Lipinski definition) is 0. The minimum absolute atomic E-state index is 0.211. The van der Waals surface area contributed by atoms with Crippen LogP contribution in [0.1, 0.15) is 113 Å². The molecule has 0 unspecified atom stereocenters. The molecule has 3 aromatic rings. The number of rotatable bonds is 9. The third-order valence-electron chi connectivity index (χ3n) is 7.84. The summed E-state index contributed by atoms with van der Waals surface area (Å²) in [5.74, 6) is 7.67. The van der Waals surface area contributed by atoms with Crippen molar-refractivity contribution < 1.29 is 4.39 Å². The molecule has 35 heavy (non-hydrogen) atoms. The molecule has 0 aliphatic heterocycles. The Kier molecular flexibility index (Phi) is 9.42. The highest BCUT2D eigenvalue weighted by atomic mass is 19.1. The average molecular weight is 469 g/mol. The molecular formula is C34H41F. The van der Waals surface area contributed by atoms with Crippen molar-refractivity contribution in [1.82, 2.24) is 0 Å². The fraction of sp³-hybridized carbons (Fsp3) is 0.471. The molecule has 1 fully saturated rings. The van der Waals surface area contributed by atoms with Crippen LogP contribution in [-0.2, 0) is 6.42 Å². The fourth-order valence-corrected chi connectivity index (χ4v) is 5.68. The predicted molar refractivity (Wildman–Crippen MR) is 148 cm³/mol. The van der Waals surface area contributed by atoms with Crippen molar-refractivity contribution >= 4 is 10.8 Å². The maximum Gasteiger partial charge on any atom is 0.146 e. The second-order valence-corrected chi connectivity index (χ2v) is 10.5. The predicted octanol–water partition coefficient (Wildman–Crippen LogP) is 9.97. The van der Waals surface area contributed by atoms with E-state index >= 15 is 4.39 Å². The number of unbranched alkanes of at least 4 members (excludes halogenated alkanes) is 4. The quantitative estimate of drug-likeness (QED) is 0.216. The van der Waals surface area contributed by atoms with E-state index in [4.69, 9.17) is 0 Å². The van der Waals surface area contributed by atoms with Crippen molar-refractivity contribution in [3.05, 3.63) is 82.7 Å². The molecule has 1 aliphatic rings. The number of aryl methyl sites for hydroxylation is 1. The standard InChI is InChI=1S/C34H41F/c1-3-5-6-7-8-10-26-11-17-29(18-12-26)30-19-13-27(14-20-30)15-21-31-22-23-32-25-28(9-4-2)16-24-33(32)34(31)35/h13-14,16,19-20,22-26,29H,3-12,17-18H2,1-2H3. The van der Waals surface area contributed by atoms with Crippen LogP contribution in [0.5, 0.6) is 0 Å². The highest BCUT2D eigenvalue weighted by molar-refractivity contribution is 5.85. The van der Waals surface area contributed by atoms with Crippen molar-refractivity contribution in [3.8, 4) is 11.8 Å². The van der Waals surface area contributed by atoms with E-state index in [0.29, 0.717) is 16.9 Å². The molecule has 0 saturated heterocycles. The molecule has 0 N–H and O–H groups in total. The van der Waals surface area contributed by atoms with Gasteiger partial charge in [-0.25, -0.2) is 4.39 Å². The Balaban J connectivity index is 1.33. The monoisotopic (exact) mass is 468 g/mol. The summed E-state index contributed by atoms with van der Waals surface area (Å²) in [6.45, 7) is 4.45. The van der Waals surface area contributed by atoms with Gasteiger partial charge in [0.05, 0.1) is 5.56 Å². The Morgan fingerprint density at radius 3 is 2.29 bits per heavy atom. The zero-order valence-electron chi connectivity index (χ0n) is 21.7. The summed E-state index contributed by atoms with van der Waals surface area (Å²) in [7, 11) is 0. The van der Waals surface area contributed by atoms with Crippen molar-refractivity contribution in [2.45, 2.75) is 96.8 Å². The van der Waals surface area contributed by atoms with E-state index in [1.54, 1.807) is 0 Å². The molecule has 0 bridgehead atoms. The molecule has 0 atom stereocenters. The van der Waals surface area contributed by atoms with Crippen molar-refractivity contribution in [2.75, 3.05) is 0 Å². The molecule has 1 heteroatoms. The summed E-state index contributed by atoms with van der Waals surface area (Å²) in [6.07, 6.45) is 15.9. The molecule has 0 spiro atoms. The lowest BCUT2D eigenvalue weighted by molar-refractivity contribution is 0.302. The molecule has 1 aliphatic carbocycles. The van der Waals surface area contributed by atoms with Gasteiger partial charge >= 0.3 is 0 Å². The summed E-state index contributed by atoms with van der Waals surface area (Å²) < 4.78 is 15.1. The SMILES string of the molecule is CCCCCCCC1CCC(c2ccc(C#Cc3ccc4cc(CCC)ccc4c3F)cc2)CC1. The van der Waals surface area contributed by atoms with Crippen LogP contribution in [0, 0.1) is 23.6 Å². The summed E-state index contributed by atoms with van der Waals surface area (Å²) >= 11 is 0. The van der Waals surface area contributed by atoms with Crippen LogP contribution in [-0.4, -0.2) is 0 Å². The summed E-state index contributed by atoms with van der Waals surface area (Å²) in [5.41, 5.74) is 4.12. The lowest BCUT2D eigenvalue weighted by Gasteiger charge is -2.29. The Bertz CT molecular complexity index is 1140. The molecule has 0 nitrogen and oxygen atoms in total. The summed E-state index contributed by atoms with van der Waals surface area (Å²) in [6, 6.07) is 18.5. The van der Waals surface area contributed by atoms with Crippen LogP contribution >= 0.6 is 0 Å². The number of halogens is 1. The van der Waals surface area contributed by atoms with Gasteiger partial charge in [0.15, 0.2) is 0 Å². The Morgan fingerprint density at radius 1 is 0.771 bits per heavy atom. The molecule has 0 amide bonds. The molecule has 0 radical (unpaired) electrons. The Morgan fingerprint density at radius 2 is 1.54 bits per heavy atom. The second kappa shape index (κ2) is 12.9. The lowest BCUT2D eigenvalue weighted by atomic mass is 9.77. The van der Waals surface area contributed by atoms with E-state index in [-0.39, 0.29) is 5.82 Å². The first-order chi connectivity index (χ1) is 17.2. The fourth-order valence-electron chi connectivity index (χ4n) is 5.68. The lowest BCUT2D eigenvalue weighted by Crippen LogP contribution is -2.13. The van der Waals surface area contributed by atoms with Gasteiger partial charge in [-0.05, 0) is 78.7 Å². The first-order valence-corrected chi connectivity index (χ1v) is 14.0. The van der Waals surface area contributed by atoms with E-state index in [2.05, 4.69) is 56.0 Å². The Labute approximate surface area is 212 Å². The van der Waals surface area contributed by atoms with Crippen LogP contribution in [0.25, 0.3) is 10.8 Å². The molecule has 1 saturated carbocycles. The Hall–Kier alpha value is -2.59. The minimum atomic E-state index is -0.211. The molecule has 3 aromatic carbocycles. The van der Waals surface area contributed by atoms with Crippen LogP contribution < -0.4 is 0 Å². The largest absolute Gasteiger partial charge is 0.205 e. The zero-order valence-corrected chi connectivity index (χ0v) is 21.7. The highest BCUT2D eigenvalue weighted by Crippen LogP contribution is 2.37. The normalized spacial score (nSPS) is 17.8. The van der Waals surface area contributed by atoms with Crippen molar-refractivity contribution in [2.24, 2.45) is 5.92 Å². The van der Waals surface area contributed by atoms with Crippen LogP contribution in [0.2, 0.25) is 0 Å². The van der Waals surface area contributed by atoms with Gasteiger partial charge in [-0.15, -0.1) is 0 Å². The average Bonchev–Trinajstić information content (AvgIpc) is 2.89. The van der Waals surface area contributed by atoms with Gasteiger partial charge in [0.25, 0.3) is 0 Å². The van der Waals surface area contributed by atoms with E-state index in [9.17, 15) is 0 Å². The first kappa shape index (κ1) is 25.5. The van der Waals surface area contributed by atoms with Gasteiger partial charge in [-0.1, -0.05) is 107 Å². The maximum absolute atomic E-state index is 15.1. The summed E-state index contributed by atoms with van der Waals surface area (Å²) in [5, 5.41) is 1.61. The van der Waals surface area contributed by atoms with Gasteiger partial charge in [-0.2, -0.15) is 0 Å². The van der Waals surface area contributed by atoms with Crippen LogP contribution in [0.4, 0.5) is 4.39 Å². The third-order valence-corrected chi connectivity index (χ3v) is 7.84. The van der Waals surface area contributed by atoms with Gasteiger partial charge < -0.3 is 0 Å². The second-order valence-electron chi connectivity index (χ2n) is 10.5. The topological polar surface area (TPSA) is 0 Å². The van der Waals surface area contributed by atoms with Gasteiger partial charge in [0, 0.05) is 10.9 Å². The maximum atomic E-state index is 15.1.